The lowest BCUT2D eigenvalue weighted by Gasteiger charge is -2.28. The first-order chi connectivity index (χ1) is 17.1. The summed E-state index contributed by atoms with van der Waals surface area (Å²) in [7, 11) is 3.99. The van der Waals surface area contributed by atoms with Crippen molar-refractivity contribution in [2.75, 3.05) is 62.6 Å². The van der Waals surface area contributed by atoms with Gasteiger partial charge in [-0.25, -0.2) is 0 Å². The lowest BCUT2D eigenvalue weighted by Crippen LogP contribution is -2.36. The van der Waals surface area contributed by atoms with Crippen molar-refractivity contribution in [2.24, 2.45) is 4.99 Å². The predicted octanol–water partition coefficient (Wildman–Crippen LogP) is 2.85. The SMILES string of the molecule is CN(C)Cc1ccc(NC(=O)C2=NCNc3ccc(-c4cncc(N5CCOCC5)c4)cc32)cn1. The molecule has 0 atom stereocenters. The van der Waals surface area contributed by atoms with Gasteiger partial charge in [-0.05, 0) is 50.0 Å². The molecule has 9 heteroatoms. The van der Waals surface area contributed by atoms with Crippen LogP contribution in [-0.2, 0) is 16.1 Å². The van der Waals surface area contributed by atoms with E-state index in [2.05, 4.69) is 36.6 Å². The van der Waals surface area contributed by atoms with Crippen LogP contribution in [0.3, 0.4) is 0 Å². The van der Waals surface area contributed by atoms with E-state index < -0.39 is 0 Å². The molecule has 3 aromatic rings. The topological polar surface area (TPSA) is 95.0 Å². The largest absolute Gasteiger partial charge is 0.378 e. The van der Waals surface area contributed by atoms with Crippen molar-refractivity contribution in [1.82, 2.24) is 14.9 Å². The summed E-state index contributed by atoms with van der Waals surface area (Å²) in [5, 5.41) is 6.20. The van der Waals surface area contributed by atoms with E-state index in [1.54, 1.807) is 6.20 Å². The minimum Gasteiger partial charge on any atom is -0.378 e. The van der Waals surface area contributed by atoms with Crippen LogP contribution >= 0.6 is 0 Å². The highest BCUT2D eigenvalue weighted by Gasteiger charge is 2.22. The van der Waals surface area contributed by atoms with E-state index >= 15 is 0 Å². The van der Waals surface area contributed by atoms with Crippen LogP contribution in [0, 0.1) is 0 Å². The summed E-state index contributed by atoms with van der Waals surface area (Å²) < 4.78 is 5.47. The van der Waals surface area contributed by atoms with E-state index in [9.17, 15) is 4.79 Å². The zero-order chi connectivity index (χ0) is 24.2. The van der Waals surface area contributed by atoms with Gasteiger partial charge in [0.15, 0.2) is 0 Å². The fraction of sp³-hybridized carbons (Fsp3) is 0.308. The normalized spacial score (nSPS) is 15.3. The molecule has 1 aromatic carbocycles. The van der Waals surface area contributed by atoms with E-state index in [0.29, 0.717) is 18.1 Å². The van der Waals surface area contributed by atoms with Crippen molar-refractivity contribution in [3.05, 3.63) is 66.2 Å². The number of anilines is 3. The summed E-state index contributed by atoms with van der Waals surface area (Å²) in [4.78, 5) is 30.9. The number of benzene rings is 1. The van der Waals surface area contributed by atoms with Gasteiger partial charge in [-0.3, -0.25) is 19.8 Å². The Hall–Kier alpha value is -3.82. The van der Waals surface area contributed by atoms with Gasteiger partial charge in [-0.2, -0.15) is 0 Å². The molecule has 1 amide bonds. The van der Waals surface area contributed by atoms with E-state index in [4.69, 9.17) is 4.74 Å². The summed E-state index contributed by atoms with van der Waals surface area (Å²) in [6.45, 7) is 4.23. The van der Waals surface area contributed by atoms with Crippen LogP contribution in [0.15, 0.2) is 60.0 Å². The summed E-state index contributed by atoms with van der Waals surface area (Å²) in [5.74, 6) is -0.257. The zero-order valence-electron chi connectivity index (χ0n) is 20.0. The molecule has 35 heavy (non-hydrogen) atoms. The number of fused-ring (bicyclic) bond motifs is 1. The van der Waals surface area contributed by atoms with Crippen molar-refractivity contribution >= 4 is 28.7 Å². The Bertz CT molecular complexity index is 1230. The van der Waals surface area contributed by atoms with Gasteiger partial charge in [0.1, 0.15) is 12.4 Å². The molecule has 0 aliphatic carbocycles. The van der Waals surface area contributed by atoms with Crippen molar-refractivity contribution < 1.29 is 9.53 Å². The lowest BCUT2D eigenvalue weighted by atomic mass is 9.98. The maximum atomic E-state index is 13.2. The number of carbonyl (C=O) groups excluding carboxylic acids is 1. The average Bonchev–Trinajstić information content (AvgIpc) is 2.89. The lowest BCUT2D eigenvalue weighted by molar-refractivity contribution is -0.110. The molecule has 9 nitrogen and oxygen atoms in total. The highest BCUT2D eigenvalue weighted by Crippen LogP contribution is 2.30. The monoisotopic (exact) mass is 471 g/mol. The van der Waals surface area contributed by atoms with E-state index in [-0.39, 0.29) is 5.91 Å². The number of carbonyl (C=O) groups is 1. The molecular formula is C26H29N7O2. The van der Waals surface area contributed by atoms with Gasteiger partial charge >= 0.3 is 0 Å². The quantitative estimate of drug-likeness (QED) is 0.571. The van der Waals surface area contributed by atoms with Crippen LogP contribution < -0.4 is 15.5 Å². The van der Waals surface area contributed by atoms with E-state index in [0.717, 1.165) is 66.6 Å². The van der Waals surface area contributed by atoms with Crippen LogP contribution in [0.2, 0.25) is 0 Å². The third kappa shape index (κ3) is 5.31. The Morgan fingerprint density at radius 2 is 1.94 bits per heavy atom. The third-order valence-corrected chi connectivity index (χ3v) is 5.99. The van der Waals surface area contributed by atoms with Crippen molar-refractivity contribution in [3.8, 4) is 11.1 Å². The fourth-order valence-electron chi connectivity index (χ4n) is 4.24. The molecule has 2 N–H and O–H groups in total. The second-order valence-electron chi connectivity index (χ2n) is 8.86. The number of aromatic nitrogens is 2. The maximum Gasteiger partial charge on any atom is 0.274 e. The second kappa shape index (κ2) is 10.2. The highest BCUT2D eigenvalue weighted by atomic mass is 16.5. The first kappa shape index (κ1) is 22.9. The minimum atomic E-state index is -0.257. The molecular weight excluding hydrogens is 442 g/mol. The number of rotatable bonds is 6. The number of ether oxygens (including phenoxy) is 1. The van der Waals surface area contributed by atoms with Crippen molar-refractivity contribution in [1.29, 1.82) is 0 Å². The van der Waals surface area contributed by atoms with Gasteiger partial charge in [-0.15, -0.1) is 0 Å². The first-order valence-electron chi connectivity index (χ1n) is 11.7. The van der Waals surface area contributed by atoms with Crippen LogP contribution in [0.25, 0.3) is 11.1 Å². The molecule has 0 saturated carbocycles. The molecule has 0 radical (unpaired) electrons. The zero-order valence-corrected chi connectivity index (χ0v) is 20.0. The molecule has 1 saturated heterocycles. The van der Waals surface area contributed by atoms with Crippen molar-refractivity contribution in [2.45, 2.75) is 6.54 Å². The number of aliphatic imine (C=N–C) groups is 1. The standard InChI is InChI=1S/C26H29N7O2/c1-32(2)16-21-5-4-20(14-28-21)31-26(34)25-23-12-18(3-6-24(23)29-17-30-25)19-11-22(15-27-13-19)33-7-9-35-10-8-33/h3-6,11-15,29H,7-10,16-17H2,1-2H3,(H,31,34). The predicted molar refractivity (Wildman–Crippen MR) is 138 cm³/mol. The summed E-state index contributed by atoms with van der Waals surface area (Å²) in [6, 6.07) is 11.9. The van der Waals surface area contributed by atoms with E-state index in [1.807, 2.05) is 61.7 Å². The summed E-state index contributed by atoms with van der Waals surface area (Å²) in [5.41, 5.74) is 6.65. The van der Waals surface area contributed by atoms with Gasteiger partial charge in [-0.1, -0.05) is 6.07 Å². The number of nitrogens with zero attached hydrogens (tertiary/aromatic N) is 5. The molecule has 2 aromatic heterocycles. The van der Waals surface area contributed by atoms with Gasteiger partial charge in [0.25, 0.3) is 5.91 Å². The Kier molecular flexibility index (Phi) is 6.69. The second-order valence-corrected chi connectivity index (χ2v) is 8.86. The average molecular weight is 472 g/mol. The molecule has 0 spiro atoms. The summed E-state index contributed by atoms with van der Waals surface area (Å²) >= 11 is 0. The van der Waals surface area contributed by atoms with Gasteiger partial charge in [0, 0.05) is 42.6 Å². The number of nitrogens with one attached hydrogen (secondary N) is 2. The third-order valence-electron chi connectivity index (χ3n) is 5.99. The number of pyridine rings is 2. The smallest absolute Gasteiger partial charge is 0.274 e. The molecule has 180 valence electrons. The number of hydrogen-bond acceptors (Lipinski definition) is 8. The van der Waals surface area contributed by atoms with E-state index in [1.165, 1.54) is 0 Å². The number of hydrogen-bond donors (Lipinski definition) is 2. The minimum absolute atomic E-state index is 0.257. The number of amides is 1. The van der Waals surface area contributed by atoms with Crippen LogP contribution in [0.5, 0.6) is 0 Å². The van der Waals surface area contributed by atoms with Gasteiger partial charge in [0.05, 0.1) is 42.7 Å². The fourth-order valence-corrected chi connectivity index (χ4v) is 4.24. The summed E-state index contributed by atoms with van der Waals surface area (Å²) in [6.07, 6.45) is 5.41. The molecule has 2 aliphatic heterocycles. The molecule has 2 aliphatic rings. The Morgan fingerprint density at radius 1 is 1.09 bits per heavy atom. The molecule has 5 rings (SSSR count). The highest BCUT2D eigenvalue weighted by molar-refractivity contribution is 6.50. The molecule has 1 fully saturated rings. The molecule has 0 bridgehead atoms. The first-order valence-corrected chi connectivity index (χ1v) is 11.7. The van der Waals surface area contributed by atoms with Crippen molar-refractivity contribution in [3.63, 3.8) is 0 Å². The Labute approximate surface area is 204 Å². The molecule has 0 unspecified atom stereocenters. The Balaban J connectivity index is 1.37. The maximum absolute atomic E-state index is 13.2. The van der Waals surface area contributed by atoms with Gasteiger partial charge in [0.2, 0.25) is 0 Å². The van der Waals surface area contributed by atoms with Crippen LogP contribution in [0.4, 0.5) is 17.1 Å². The number of morpholine rings is 1. The van der Waals surface area contributed by atoms with Crippen LogP contribution in [0.1, 0.15) is 11.3 Å². The Morgan fingerprint density at radius 3 is 2.71 bits per heavy atom. The van der Waals surface area contributed by atoms with Crippen LogP contribution in [-0.4, -0.2) is 73.6 Å². The molecule has 4 heterocycles. The van der Waals surface area contributed by atoms with Gasteiger partial charge < -0.3 is 25.2 Å².